The van der Waals surface area contributed by atoms with E-state index in [1.165, 1.54) is 0 Å². The molecule has 0 saturated heterocycles. The standard InChI is InChI=1S/C29H39NO6/c1-27(2,3)35-25(32)29(7,8)22-16-14-20(15-17-22)18-23(30-26(33)36-28(4,5)6)24(31)34-19-21-12-10-9-11-13-21/h9-17,23H,18-19H2,1-8H3,(H,30,33)/t23-/m0/s1. The summed E-state index contributed by atoms with van der Waals surface area (Å²) in [6.45, 7) is 14.5. The average molecular weight is 498 g/mol. The topological polar surface area (TPSA) is 90.9 Å². The van der Waals surface area contributed by atoms with Gasteiger partial charge in [0.2, 0.25) is 0 Å². The SMILES string of the molecule is CC(C)(C)OC(=O)N[C@@H](Cc1ccc(C(C)(C)C(=O)OC(C)(C)C)cc1)C(=O)OCc1ccccc1. The molecule has 0 aliphatic heterocycles. The maximum Gasteiger partial charge on any atom is 0.408 e. The molecule has 2 aromatic rings. The lowest BCUT2D eigenvalue weighted by molar-refractivity contribution is -0.160. The highest BCUT2D eigenvalue weighted by Crippen LogP contribution is 2.27. The second kappa shape index (κ2) is 11.6. The Bertz CT molecular complexity index is 1030. The molecular formula is C29H39NO6. The summed E-state index contributed by atoms with van der Waals surface area (Å²) < 4.78 is 16.4. The summed E-state index contributed by atoms with van der Waals surface area (Å²) in [7, 11) is 0. The highest BCUT2D eigenvalue weighted by Gasteiger charge is 2.34. The molecule has 0 unspecified atom stereocenters. The van der Waals surface area contributed by atoms with Crippen LogP contribution in [0.3, 0.4) is 0 Å². The molecule has 7 nitrogen and oxygen atoms in total. The number of carbonyl (C=O) groups is 3. The Morgan fingerprint density at radius 1 is 0.750 bits per heavy atom. The van der Waals surface area contributed by atoms with E-state index in [0.29, 0.717) is 0 Å². The van der Waals surface area contributed by atoms with Crippen LogP contribution in [-0.2, 0) is 42.2 Å². The molecule has 0 radical (unpaired) electrons. The van der Waals surface area contributed by atoms with Gasteiger partial charge in [-0.2, -0.15) is 0 Å². The molecule has 0 heterocycles. The van der Waals surface area contributed by atoms with Gasteiger partial charge < -0.3 is 19.5 Å². The third-order valence-electron chi connectivity index (χ3n) is 5.22. The molecule has 36 heavy (non-hydrogen) atoms. The maximum atomic E-state index is 12.9. The summed E-state index contributed by atoms with van der Waals surface area (Å²) in [4.78, 5) is 38.0. The van der Waals surface area contributed by atoms with E-state index in [2.05, 4.69) is 5.32 Å². The number of rotatable bonds is 8. The van der Waals surface area contributed by atoms with Crippen molar-refractivity contribution < 1.29 is 28.6 Å². The number of nitrogens with one attached hydrogen (secondary N) is 1. The molecule has 0 aliphatic rings. The monoisotopic (exact) mass is 497 g/mol. The van der Waals surface area contributed by atoms with Crippen molar-refractivity contribution in [3.63, 3.8) is 0 Å². The van der Waals surface area contributed by atoms with Crippen LogP contribution < -0.4 is 5.32 Å². The van der Waals surface area contributed by atoms with Crippen molar-refractivity contribution in [2.24, 2.45) is 0 Å². The normalized spacial score (nSPS) is 12.9. The lowest BCUT2D eigenvalue weighted by atomic mass is 9.84. The fourth-order valence-electron chi connectivity index (χ4n) is 3.29. The second-order valence-electron chi connectivity index (χ2n) is 11.3. The van der Waals surface area contributed by atoms with Crippen LogP contribution in [0.15, 0.2) is 54.6 Å². The molecule has 2 aromatic carbocycles. The Hall–Kier alpha value is -3.35. The van der Waals surface area contributed by atoms with Crippen LogP contribution in [-0.4, -0.2) is 35.3 Å². The average Bonchev–Trinajstić information content (AvgIpc) is 2.75. The Kier molecular flexibility index (Phi) is 9.30. The summed E-state index contributed by atoms with van der Waals surface area (Å²) in [5, 5.41) is 2.64. The Labute approximate surface area is 214 Å². The Morgan fingerprint density at radius 2 is 1.31 bits per heavy atom. The van der Waals surface area contributed by atoms with Gasteiger partial charge in [-0.3, -0.25) is 4.79 Å². The number of esters is 2. The van der Waals surface area contributed by atoms with Crippen molar-refractivity contribution in [2.75, 3.05) is 0 Å². The van der Waals surface area contributed by atoms with E-state index in [9.17, 15) is 14.4 Å². The van der Waals surface area contributed by atoms with Gasteiger partial charge in [0.05, 0.1) is 5.41 Å². The minimum absolute atomic E-state index is 0.0924. The van der Waals surface area contributed by atoms with E-state index in [4.69, 9.17) is 14.2 Å². The number of benzene rings is 2. The van der Waals surface area contributed by atoms with Gasteiger partial charge in [0, 0.05) is 6.42 Å². The fraction of sp³-hybridized carbons (Fsp3) is 0.483. The lowest BCUT2D eigenvalue weighted by Crippen LogP contribution is -2.45. The van der Waals surface area contributed by atoms with Gasteiger partial charge in [-0.15, -0.1) is 0 Å². The minimum Gasteiger partial charge on any atom is -0.459 e. The highest BCUT2D eigenvalue weighted by molar-refractivity contribution is 5.83. The fourth-order valence-corrected chi connectivity index (χ4v) is 3.29. The largest absolute Gasteiger partial charge is 0.459 e. The molecule has 1 amide bonds. The third kappa shape index (κ3) is 9.36. The first-order chi connectivity index (χ1) is 16.6. The smallest absolute Gasteiger partial charge is 0.408 e. The molecule has 0 saturated carbocycles. The summed E-state index contributed by atoms with van der Waals surface area (Å²) in [6.07, 6.45) is -0.508. The van der Waals surface area contributed by atoms with Crippen molar-refractivity contribution in [1.82, 2.24) is 5.32 Å². The van der Waals surface area contributed by atoms with Crippen molar-refractivity contribution in [3.8, 4) is 0 Å². The van der Waals surface area contributed by atoms with Crippen molar-refractivity contribution in [2.45, 2.75) is 91.1 Å². The van der Waals surface area contributed by atoms with E-state index in [-0.39, 0.29) is 19.0 Å². The van der Waals surface area contributed by atoms with Gasteiger partial charge in [-0.1, -0.05) is 54.6 Å². The number of carbonyl (C=O) groups excluding carboxylic acids is 3. The summed E-state index contributed by atoms with van der Waals surface area (Å²) in [5.74, 6) is -0.889. The molecule has 0 aromatic heterocycles. The molecule has 1 atom stereocenters. The van der Waals surface area contributed by atoms with E-state index < -0.39 is 34.7 Å². The zero-order valence-corrected chi connectivity index (χ0v) is 22.6. The minimum atomic E-state index is -0.951. The molecule has 0 bridgehead atoms. The molecule has 196 valence electrons. The van der Waals surface area contributed by atoms with Crippen molar-refractivity contribution in [3.05, 3.63) is 71.3 Å². The second-order valence-corrected chi connectivity index (χ2v) is 11.3. The van der Waals surface area contributed by atoms with E-state index in [0.717, 1.165) is 16.7 Å². The number of amides is 1. The molecule has 2 rings (SSSR count). The van der Waals surface area contributed by atoms with Crippen LogP contribution in [0.1, 0.15) is 72.1 Å². The summed E-state index contributed by atoms with van der Waals surface area (Å²) in [6, 6.07) is 15.7. The quantitative estimate of drug-likeness (QED) is 0.383. The Balaban J connectivity index is 2.17. The van der Waals surface area contributed by atoms with E-state index in [1.54, 1.807) is 20.8 Å². The number of hydrogen-bond acceptors (Lipinski definition) is 6. The van der Waals surface area contributed by atoms with Crippen molar-refractivity contribution in [1.29, 1.82) is 0 Å². The zero-order valence-electron chi connectivity index (χ0n) is 22.6. The molecule has 0 spiro atoms. The van der Waals surface area contributed by atoms with Crippen molar-refractivity contribution >= 4 is 18.0 Å². The molecular weight excluding hydrogens is 458 g/mol. The van der Waals surface area contributed by atoms with Gasteiger partial charge in [-0.25, -0.2) is 9.59 Å². The predicted octanol–water partition coefficient (Wildman–Crippen LogP) is 5.49. The molecule has 1 N–H and O–H groups in total. The number of alkyl carbamates (subject to hydrolysis) is 1. The highest BCUT2D eigenvalue weighted by atomic mass is 16.6. The van der Waals surface area contributed by atoms with Crippen LogP contribution in [0.5, 0.6) is 0 Å². The van der Waals surface area contributed by atoms with Crippen LogP contribution in [0.2, 0.25) is 0 Å². The van der Waals surface area contributed by atoms with Gasteiger partial charge in [0.15, 0.2) is 0 Å². The number of hydrogen-bond donors (Lipinski definition) is 1. The lowest BCUT2D eigenvalue weighted by Gasteiger charge is -2.29. The Morgan fingerprint density at radius 3 is 1.83 bits per heavy atom. The first-order valence-electron chi connectivity index (χ1n) is 12.1. The van der Waals surface area contributed by atoms with Gasteiger partial charge >= 0.3 is 18.0 Å². The van der Waals surface area contributed by atoms with E-state index >= 15 is 0 Å². The summed E-state index contributed by atoms with van der Waals surface area (Å²) in [5.41, 5.74) is 0.261. The van der Waals surface area contributed by atoms with Gasteiger partial charge in [0.25, 0.3) is 0 Å². The van der Waals surface area contributed by atoms with Crippen LogP contribution in [0, 0.1) is 0 Å². The zero-order chi connectivity index (χ0) is 27.1. The van der Waals surface area contributed by atoms with E-state index in [1.807, 2.05) is 89.2 Å². The van der Waals surface area contributed by atoms with Crippen LogP contribution >= 0.6 is 0 Å². The van der Waals surface area contributed by atoms with Crippen LogP contribution in [0.25, 0.3) is 0 Å². The molecule has 0 aliphatic carbocycles. The van der Waals surface area contributed by atoms with Crippen LogP contribution in [0.4, 0.5) is 4.79 Å². The molecule has 7 heteroatoms. The predicted molar refractivity (Wildman–Crippen MR) is 138 cm³/mol. The van der Waals surface area contributed by atoms with Gasteiger partial charge in [0.1, 0.15) is 23.9 Å². The first kappa shape index (κ1) is 28.9. The molecule has 0 fully saturated rings. The number of ether oxygens (including phenoxy) is 3. The third-order valence-corrected chi connectivity index (χ3v) is 5.22. The summed E-state index contributed by atoms with van der Waals surface area (Å²) >= 11 is 0. The first-order valence-corrected chi connectivity index (χ1v) is 12.1. The van der Waals surface area contributed by atoms with Gasteiger partial charge in [-0.05, 0) is 72.1 Å². The maximum absolute atomic E-state index is 12.9.